The quantitative estimate of drug-likeness (QED) is 0.768. The van der Waals surface area contributed by atoms with Crippen molar-refractivity contribution in [3.05, 3.63) is 24.3 Å². The molecule has 0 unspecified atom stereocenters. The molecule has 0 bridgehead atoms. The topological polar surface area (TPSA) is 50.4 Å². The lowest BCUT2D eigenvalue weighted by Crippen LogP contribution is -2.15. The monoisotopic (exact) mass is 258 g/mol. The van der Waals surface area contributed by atoms with Gasteiger partial charge in [-0.3, -0.25) is 4.79 Å². The number of ether oxygens (including phenoxy) is 1. The second kappa shape index (κ2) is 8.84. The Morgan fingerprint density at radius 1 is 1.29 bits per heavy atom. The second-order valence-electron chi connectivity index (χ2n) is 3.48. The zero-order valence-corrected chi connectivity index (χ0v) is 11.0. The fourth-order valence-electron chi connectivity index (χ4n) is 1.32. The summed E-state index contributed by atoms with van der Waals surface area (Å²) in [5.74, 6) is 0.827. The fraction of sp³-hybridized carbons (Fsp3) is 0.417. The lowest BCUT2D eigenvalue weighted by atomic mass is 10.2. The molecule has 1 aromatic rings. The molecule has 0 saturated carbocycles. The molecule has 0 spiro atoms. The predicted octanol–water partition coefficient (Wildman–Crippen LogP) is 2.06. The van der Waals surface area contributed by atoms with Crippen LogP contribution < -0.4 is 15.4 Å². The van der Waals surface area contributed by atoms with Gasteiger partial charge in [0.25, 0.3) is 0 Å². The van der Waals surface area contributed by atoms with E-state index in [4.69, 9.17) is 4.74 Å². The Hall–Kier alpha value is -1.26. The zero-order chi connectivity index (χ0) is 11.8. The molecule has 0 aromatic heterocycles. The highest BCUT2D eigenvalue weighted by Gasteiger charge is 2.01. The summed E-state index contributed by atoms with van der Waals surface area (Å²) in [4.78, 5) is 11.5. The maximum atomic E-state index is 11.5. The summed E-state index contributed by atoms with van der Waals surface area (Å²) >= 11 is 0. The minimum Gasteiger partial charge on any atom is -0.497 e. The standard InChI is InChI=1S/C12H18N2O2.ClH/c1-13-9-3-4-12(15)14-10-5-7-11(16-2)8-6-10;/h5-8,13H,3-4,9H2,1-2H3,(H,14,15);1H. The predicted molar refractivity (Wildman–Crippen MR) is 72.0 cm³/mol. The molecule has 0 aliphatic carbocycles. The van der Waals surface area contributed by atoms with Crippen LogP contribution >= 0.6 is 12.4 Å². The van der Waals surface area contributed by atoms with Gasteiger partial charge in [0.05, 0.1) is 7.11 Å². The molecular weight excluding hydrogens is 240 g/mol. The number of hydrogen-bond acceptors (Lipinski definition) is 3. The van der Waals surface area contributed by atoms with Crippen LogP contribution in [-0.4, -0.2) is 26.6 Å². The Balaban J connectivity index is 0.00000256. The number of nitrogens with one attached hydrogen (secondary N) is 2. The maximum absolute atomic E-state index is 11.5. The Labute approximate surface area is 108 Å². The summed E-state index contributed by atoms with van der Waals surface area (Å²) < 4.78 is 5.03. The molecule has 5 heteroatoms. The van der Waals surface area contributed by atoms with Gasteiger partial charge in [-0.05, 0) is 44.3 Å². The third-order valence-corrected chi connectivity index (χ3v) is 2.20. The number of amides is 1. The van der Waals surface area contributed by atoms with E-state index in [1.807, 2.05) is 31.3 Å². The molecule has 0 fully saturated rings. The zero-order valence-electron chi connectivity index (χ0n) is 10.2. The van der Waals surface area contributed by atoms with Gasteiger partial charge in [0.2, 0.25) is 5.91 Å². The van der Waals surface area contributed by atoms with Gasteiger partial charge in [-0.2, -0.15) is 0 Å². The van der Waals surface area contributed by atoms with Gasteiger partial charge < -0.3 is 15.4 Å². The van der Waals surface area contributed by atoms with Crippen molar-refractivity contribution in [1.82, 2.24) is 5.32 Å². The molecule has 4 nitrogen and oxygen atoms in total. The highest BCUT2D eigenvalue weighted by molar-refractivity contribution is 5.90. The van der Waals surface area contributed by atoms with Gasteiger partial charge in [0.1, 0.15) is 5.75 Å². The van der Waals surface area contributed by atoms with Gasteiger partial charge in [-0.25, -0.2) is 0 Å². The number of methoxy groups -OCH3 is 1. The van der Waals surface area contributed by atoms with Crippen LogP contribution in [0.5, 0.6) is 5.75 Å². The first-order valence-corrected chi connectivity index (χ1v) is 5.34. The van der Waals surface area contributed by atoms with Crippen LogP contribution in [-0.2, 0) is 4.79 Å². The van der Waals surface area contributed by atoms with Crippen LogP contribution in [0.1, 0.15) is 12.8 Å². The molecule has 96 valence electrons. The number of anilines is 1. The first-order valence-electron chi connectivity index (χ1n) is 5.34. The molecule has 2 N–H and O–H groups in total. The average molecular weight is 259 g/mol. The van der Waals surface area contributed by atoms with E-state index in [0.717, 1.165) is 24.4 Å². The SMILES string of the molecule is CNCCCC(=O)Nc1ccc(OC)cc1.Cl. The van der Waals surface area contributed by atoms with Crippen LogP contribution in [0, 0.1) is 0 Å². The molecule has 0 radical (unpaired) electrons. The van der Waals surface area contributed by atoms with Crippen molar-refractivity contribution in [2.45, 2.75) is 12.8 Å². The van der Waals surface area contributed by atoms with Gasteiger partial charge in [-0.1, -0.05) is 0 Å². The van der Waals surface area contributed by atoms with Crippen LogP contribution in [0.3, 0.4) is 0 Å². The Kier molecular flexibility index (Phi) is 8.19. The summed E-state index contributed by atoms with van der Waals surface area (Å²) in [6, 6.07) is 7.30. The number of benzene rings is 1. The molecule has 0 aliphatic rings. The summed E-state index contributed by atoms with van der Waals surface area (Å²) in [7, 11) is 3.49. The van der Waals surface area contributed by atoms with Crippen molar-refractivity contribution in [1.29, 1.82) is 0 Å². The minimum absolute atomic E-state index is 0. The summed E-state index contributed by atoms with van der Waals surface area (Å²) in [6.45, 7) is 0.857. The van der Waals surface area contributed by atoms with E-state index in [-0.39, 0.29) is 18.3 Å². The van der Waals surface area contributed by atoms with E-state index in [1.54, 1.807) is 7.11 Å². The summed E-state index contributed by atoms with van der Waals surface area (Å²) in [6.07, 6.45) is 1.38. The Morgan fingerprint density at radius 3 is 2.47 bits per heavy atom. The molecule has 1 aromatic carbocycles. The van der Waals surface area contributed by atoms with Crippen molar-refractivity contribution >= 4 is 24.0 Å². The summed E-state index contributed by atoms with van der Waals surface area (Å²) in [5, 5.41) is 5.84. The van der Waals surface area contributed by atoms with Crippen molar-refractivity contribution in [2.75, 3.05) is 26.0 Å². The molecule has 0 atom stereocenters. The van der Waals surface area contributed by atoms with Crippen molar-refractivity contribution < 1.29 is 9.53 Å². The molecular formula is C12H19ClN2O2. The van der Waals surface area contributed by atoms with Crippen LogP contribution in [0.15, 0.2) is 24.3 Å². The smallest absolute Gasteiger partial charge is 0.224 e. The second-order valence-corrected chi connectivity index (χ2v) is 3.48. The van der Waals surface area contributed by atoms with Crippen molar-refractivity contribution in [3.8, 4) is 5.75 Å². The van der Waals surface area contributed by atoms with Gasteiger partial charge in [0.15, 0.2) is 0 Å². The first-order chi connectivity index (χ1) is 7.76. The van der Waals surface area contributed by atoms with Crippen LogP contribution in [0.25, 0.3) is 0 Å². The van der Waals surface area contributed by atoms with Crippen LogP contribution in [0.2, 0.25) is 0 Å². The highest BCUT2D eigenvalue weighted by atomic mass is 35.5. The lowest BCUT2D eigenvalue weighted by Gasteiger charge is -2.06. The van der Waals surface area contributed by atoms with E-state index in [9.17, 15) is 4.79 Å². The van der Waals surface area contributed by atoms with E-state index in [0.29, 0.717) is 6.42 Å². The molecule has 17 heavy (non-hydrogen) atoms. The van der Waals surface area contributed by atoms with Gasteiger partial charge in [-0.15, -0.1) is 12.4 Å². The van der Waals surface area contributed by atoms with E-state index < -0.39 is 0 Å². The number of hydrogen-bond donors (Lipinski definition) is 2. The average Bonchev–Trinajstić information content (AvgIpc) is 2.30. The fourth-order valence-corrected chi connectivity index (χ4v) is 1.32. The normalized spacial score (nSPS) is 9.29. The number of carbonyl (C=O) groups is 1. The molecule has 1 amide bonds. The molecule has 1 rings (SSSR count). The largest absolute Gasteiger partial charge is 0.497 e. The highest BCUT2D eigenvalue weighted by Crippen LogP contribution is 2.15. The van der Waals surface area contributed by atoms with Gasteiger partial charge >= 0.3 is 0 Å². The third-order valence-electron chi connectivity index (χ3n) is 2.20. The molecule has 0 saturated heterocycles. The van der Waals surface area contributed by atoms with Gasteiger partial charge in [0, 0.05) is 12.1 Å². The summed E-state index contributed by atoms with van der Waals surface area (Å²) in [5.41, 5.74) is 0.801. The van der Waals surface area contributed by atoms with Crippen LogP contribution in [0.4, 0.5) is 5.69 Å². The van der Waals surface area contributed by atoms with E-state index >= 15 is 0 Å². The third kappa shape index (κ3) is 6.14. The number of carbonyl (C=O) groups excluding carboxylic acids is 1. The molecule has 0 aliphatic heterocycles. The first kappa shape index (κ1) is 15.7. The molecule has 0 heterocycles. The van der Waals surface area contributed by atoms with E-state index in [1.165, 1.54) is 0 Å². The Morgan fingerprint density at radius 2 is 1.94 bits per heavy atom. The van der Waals surface area contributed by atoms with Crippen molar-refractivity contribution in [2.24, 2.45) is 0 Å². The number of rotatable bonds is 6. The maximum Gasteiger partial charge on any atom is 0.224 e. The van der Waals surface area contributed by atoms with E-state index in [2.05, 4.69) is 10.6 Å². The number of halogens is 1. The lowest BCUT2D eigenvalue weighted by molar-refractivity contribution is -0.116. The van der Waals surface area contributed by atoms with Crippen molar-refractivity contribution in [3.63, 3.8) is 0 Å². The Bertz CT molecular complexity index is 328. The minimum atomic E-state index is 0.